The van der Waals surface area contributed by atoms with Gasteiger partial charge < -0.3 is 5.11 Å². The number of carbonyl (C=O) groups is 1. The SMILES string of the molecule is O=C(c1ccc(Cl)cc1)N1N=C(c2ccc(F)cc2)C[C@@]1(O)C(F)(F)F. The van der Waals surface area contributed by atoms with Gasteiger partial charge >= 0.3 is 6.18 Å². The Morgan fingerprint density at radius 3 is 2.23 bits per heavy atom. The molecule has 0 aliphatic carbocycles. The van der Waals surface area contributed by atoms with Crippen molar-refractivity contribution in [1.29, 1.82) is 0 Å². The largest absolute Gasteiger partial charge is 0.438 e. The Morgan fingerprint density at radius 1 is 1.12 bits per heavy atom. The van der Waals surface area contributed by atoms with Gasteiger partial charge in [-0.05, 0) is 42.0 Å². The number of halogens is 5. The smallest absolute Gasteiger partial charge is 0.362 e. The molecular weight excluding hydrogens is 376 g/mol. The number of rotatable bonds is 2. The van der Waals surface area contributed by atoms with E-state index in [1.54, 1.807) is 0 Å². The molecule has 1 atom stereocenters. The fourth-order valence-electron chi connectivity index (χ4n) is 2.50. The van der Waals surface area contributed by atoms with Crippen molar-refractivity contribution in [2.45, 2.75) is 18.3 Å². The summed E-state index contributed by atoms with van der Waals surface area (Å²) < 4.78 is 53.5. The fourth-order valence-corrected chi connectivity index (χ4v) is 2.62. The minimum atomic E-state index is -5.15. The average molecular weight is 387 g/mol. The van der Waals surface area contributed by atoms with Crippen molar-refractivity contribution in [1.82, 2.24) is 5.01 Å². The third kappa shape index (κ3) is 3.17. The summed E-state index contributed by atoms with van der Waals surface area (Å²) in [5, 5.41) is 14.2. The van der Waals surface area contributed by atoms with E-state index in [2.05, 4.69) is 5.10 Å². The van der Waals surface area contributed by atoms with Crippen molar-refractivity contribution in [2.75, 3.05) is 0 Å². The van der Waals surface area contributed by atoms with Crippen LogP contribution >= 0.6 is 11.6 Å². The summed E-state index contributed by atoms with van der Waals surface area (Å²) in [7, 11) is 0. The zero-order valence-electron chi connectivity index (χ0n) is 13.0. The molecule has 1 heterocycles. The molecule has 2 aromatic rings. The fraction of sp³-hybridized carbons (Fsp3) is 0.176. The predicted molar refractivity (Wildman–Crippen MR) is 86.2 cm³/mol. The topological polar surface area (TPSA) is 52.9 Å². The minimum Gasteiger partial charge on any atom is -0.362 e. The minimum absolute atomic E-state index is 0.00886. The summed E-state index contributed by atoms with van der Waals surface area (Å²) in [6.07, 6.45) is -6.12. The molecule has 1 amide bonds. The predicted octanol–water partition coefficient (Wildman–Crippen LogP) is 3.98. The molecule has 0 saturated heterocycles. The van der Waals surface area contributed by atoms with Gasteiger partial charge in [0.1, 0.15) is 5.82 Å². The van der Waals surface area contributed by atoms with Crippen molar-refractivity contribution in [3.05, 3.63) is 70.5 Å². The van der Waals surface area contributed by atoms with Crippen molar-refractivity contribution in [3.8, 4) is 0 Å². The number of amides is 1. The summed E-state index contributed by atoms with van der Waals surface area (Å²) in [6, 6.07) is 9.68. The zero-order chi connectivity index (χ0) is 19.1. The van der Waals surface area contributed by atoms with Gasteiger partial charge in [0.05, 0.1) is 12.1 Å². The van der Waals surface area contributed by atoms with Gasteiger partial charge in [0, 0.05) is 10.6 Å². The molecule has 26 heavy (non-hydrogen) atoms. The van der Waals surface area contributed by atoms with E-state index in [-0.39, 0.29) is 21.8 Å². The number of hydrogen-bond donors (Lipinski definition) is 1. The number of nitrogens with zero attached hydrogens (tertiary/aromatic N) is 2. The number of alkyl halides is 3. The van der Waals surface area contributed by atoms with Crippen LogP contribution in [0, 0.1) is 5.82 Å². The van der Waals surface area contributed by atoms with Gasteiger partial charge in [0.15, 0.2) is 0 Å². The Balaban J connectivity index is 2.03. The van der Waals surface area contributed by atoms with Gasteiger partial charge in [-0.15, -0.1) is 0 Å². The standard InChI is InChI=1S/C17H11ClF4N2O2/c18-12-5-1-11(2-6-12)15(25)24-16(26,17(20,21)22)9-14(23-24)10-3-7-13(19)8-4-10/h1-8,26H,9H2/t16-/m1/s1. The molecule has 1 aliphatic heterocycles. The Kier molecular flexibility index (Phi) is 4.49. The molecule has 0 bridgehead atoms. The van der Waals surface area contributed by atoms with Gasteiger partial charge in [0.25, 0.3) is 11.6 Å². The van der Waals surface area contributed by atoms with Gasteiger partial charge in [-0.25, -0.2) is 4.39 Å². The normalized spacial score (nSPS) is 20.2. The van der Waals surface area contributed by atoms with E-state index in [1.807, 2.05) is 0 Å². The van der Waals surface area contributed by atoms with Crippen LogP contribution in [0.1, 0.15) is 22.3 Å². The number of hydrogen-bond acceptors (Lipinski definition) is 3. The highest BCUT2D eigenvalue weighted by Gasteiger charge is 2.63. The third-order valence-corrected chi connectivity index (χ3v) is 4.15. The number of benzene rings is 2. The van der Waals surface area contributed by atoms with E-state index in [1.165, 1.54) is 36.4 Å². The van der Waals surface area contributed by atoms with Crippen molar-refractivity contribution in [2.24, 2.45) is 5.10 Å². The molecule has 0 saturated carbocycles. The molecule has 1 aliphatic rings. The summed E-state index contributed by atoms with van der Waals surface area (Å²) in [5.41, 5.74) is -3.65. The average Bonchev–Trinajstić information content (AvgIpc) is 2.94. The lowest BCUT2D eigenvalue weighted by atomic mass is 10.0. The summed E-state index contributed by atoms with van der Waals surface area (Å²) in [6.45, 7) is 0. The van der Waals surface area contributed by atoms with E-state index >= 15 is 0 Å². The third-order valence-electron chi connectivity index (χ3n) is 3.90. The maximum atomic E-state index is 13.5. The van der Waals surface area contributed by atoms with E-state index in [9.17, 15) is 27.5 Å². The van der Waals surface area contributed by atoms with Gasteiger partial charge in [0.2, 0.25) is 0 Å². The van der Waals surface area contributed by atoms with Crippen LogP contribution in [-0.4, -0.2) is 33.6 Å². The maximum Gasteiger partial charge on any atom is 0.438 e. The number of hydrazone groups is 1. The Bertz CT molecular complexity index is 866. The second kappa shape index (κ2) is 6.37. The molecule has 0 radical (unpaired) electrons. The Labute approximate surface area is 150 Å². The highest BCUT2D eigenvalue weighted by atomic mass is 35.5. The van der Waals surface area contributed by atoms with E-state index in [0.29, 0.717) is 5.02 Å². The van der Waals surface area contributed by atoms with Gasteiger partial charge in [-0.3, -0.25) is 4.79 Å². The highest BCUT2D eigenvalue weighted by molar-refractivity contribution is 6.30. The molecule has 9 heteroatoms. The highest BCUT2D eigenvalue weighted by Crippen LogP contribution is 2.42. The summed E-state index contributed by atoms with van der Waals surface area (Å²) in [5.74, 6) is -1.72. The van der Waals surface area contributed by atoms with Gasteiger partial charge in [-0.1, -0.05) is 23.7 Å². The first kappa shape index (κ1) is 18.3. The van der Waals surface area contributed by atoms with Gasteiger partial charge in [-0.2, -0.15) is 23.3 Å². The lowest BCUT2D eigenvalue weighted by molar-refractivity contribution is -0.297. The molecule has 0 fully saturated rings. The first-order valence-electron chi connectivity index (χ1n) is 7.34. The van der Waals surface area contributed by atoms with Crippen LogP contribution in [0.25, 0.3) is 0 Å². The lowest BCUT2D eigenvalue weighted by Gasteiger charge is -2.32. The second-order valence-corrected chi connectivity index (χ2v) is 6.11. The van der Waals surface area contributed by atoms with Crippen molar-refractivity contribution >= 4 is 23.2 Å². The molecule has 0 unspecified atom stereocenters. The Morgan fingerprint density at radius 2 is 1.69 bits per heavy atom. The molecule has 2 aromatic carbocycles. The number of carbonyl (C=O) groups excluding carboxylic acids is 1. The van der Waals surface area contributed by atoms with E-state index in [0.717, 1.165) is 12.1 Å². The second-order valence-electron chi connectivity index (χ2n) is 5.67. The molecule has 4 nitrogen and oxygen atoms in total. The van der Waals surface area contributed by atoms with Crippen LogP contribution in [-0.2, 0) is 0 Å². The van der Waals surface area contributed by atoms with Crippen LogP contribution in [0.4, 0.5) is 17.6 Å². The summed E-state index contributed by atoms with van der Waals surface area (Å²) in [4.78, 5) is 12.5. The lowest BCUT2D eigenvalue weighted by Crippen LogP contribution is -2.56. The zero-order valence-corrected chi connectivity index (χ0v) is 13.7. The van der Waals surface area contributed by atoms with E-state index in [4.69, 9.17) is 11.6 Å². The van der Waals surface area contributed by atoms with Crippen LogP contribution in [0.2, 0.25) is 5.02 Å². The van der Waals surface area contributed by atoms with Crippen LogP contribution in [0.3, 0.4) is 0 Å². The molecular formula is C17H11ClF4N2O2. The monoisotopic (exact) mass is 386 g/mol. The summed E-state index contributed by atoms with van der Waals surface area (Å²) >= 11 is 5.71. The van der Waals surface area contributed by atoms with E-state index < -0.39 is 30.0 Å². The molecule has 0 aromatic heterocycles. The first-order chi connectivity index (χ1) is 12.1. The first-order valence-corrected chi connectivity index (χ1v) is 7.72. The van der Waals surface area contributed by atoms with Crippen LogP contribution < -0.4 is 0 Å². The molecule has 1 N–H and O–H groups in total. The van der Waals surface area contributed by atoms with Crippen molar-refractivity contribution < 1.29 is 27.5 Å². The number of aliphatic hydroxyl groups is 1. The quantitative estimate of drug-likeness (QED) is 0.794. The van der Waals surface area contributed by atoms with Crippen LogP contribution in [0.5, 0.6) is 0 Å². The molecule has 3 rings (SSSR count). The van der Waals surface area contributed by atoms with Crippen LogP contribution in [0.15, 0.2) is 53.6 Å². The molecule has 136 valence electrons. The Hall–Kier alpha value is -2.45. The van der Waals surface area contributed by atoms with Crippen molar-refractivity contribution in [3.63, 3.8) is 0 Å². The maximum absolute atomic E-state index is 13.5. The molecule has 0 spiro atoms.